The van der Waals surface area contributed by atoms with Crippen LogP contribution in [0, 0.1) is 0 Å². The van der Waals surface area contributed by atoms with E-state index in [1.165, 1.54) is 4.90 Å². The standard InChI is InChI=1S/C10H18N2O4S/c1-3-8-10(14)11-7-9(13)12(8)5-4-6-17(2,15)16/h8H,3-7H2,1-2H3,(H,11,14). The smallest absolute Gasteiger partial charge is 0.243 e. The van der Waals surface area contributed by atoms with Crippen molar-refractivity contribution in [2.45, 2.75) is 25.8 Å². The Hall–Kier alpha value is -1.11. The van der Waals surface area contributed by atoms with Crippen molar-refractivity contribution in [1.29, 1.82) is 0 Å². The van der Waals surface area contributed by atoms with Gasteiger partial charge in [-0.15, -0.1) is 0 Å². The molecule has 0 aromatic rings. The van der Waals surface area contributed by atoms with E-state index in [-0.39, 0.29) is 24.1 Å². The SMILES string of the molecule is CCC1C(=O)NCC(=O)N1CCCS(C)(=O)=O. The number of nitrogens with zero attached hydrogens (tertiary/aromatic N) is 1. The van der Waals surface area contributed by atoms with E-state index in [0.717, 1.165) is 6.26 Å². The summed E-state index contributed by atoms with van der Waals surface area (Å²) in [5.74, 6) is -0.272. The average Bonchev–Trinajstić information content (AvgIpc) is 2.21. The molecule has 17 heavy (non-hydrogen) atoms. The molecule has 0 aromatic heterocycles. The van der Waals surface area contributed by atoms with Gasteiger partial charge in [-0.25, -0.2) is 8.42 Å². The van der Waals surface area contributed by atoms with Crippen LogP contribution in [0.1, 0.15) is 19.8 Å². The molecule has 1 unspecified atom stereocenters. The quantitative estimate of drug-likeness (QED) is 0.700. The van der Waals surface area contributed by atoms with Crippen molar-refractivity contribution >= 4 is 21.7 Å². The number of rotatable bonds is 5. The Morgan fingerprint density at radius 2 is 2.06 bits per heavy atom. The van der Waals surface area contributed by atoms with Gasteiger partial charge in [-0.1, -0.05) is 6.92 Å². The number of hydrogen-bond donors (Lipinski definition) is 1. The van der Waals surface area contributed by atoms with Crippen LogP contribution in [0.3, 0.4) is 0 Å². The molecule has 1 aliphatic heterocycles. The number of carbonyl (C=O) groups is 2. The summed E-state index contributed by atoms with van der Waals surface area (Å²) in [5.41, 5.74) is 0. The molecule has 1 heterocycles. The fourth-order valence-electron chi connectivity index (χ4n) is 1.88. The molecule has 0 spiro atoms. The molecule has 6 nitrogen and oxygen atoms in total. The van der Waals surface area contributed by atoms with Gasteiger partial charge in [0.15, 0.2) is 0 Å². The minimum atomic E-state index is -3.02. The van der Waals surface area contributed by atoms with Gasteiger partial charge in [0.2, 0.25) is 11.8 Å². The molecule has 0 bridgehead atoms. The van der Waals surface area contributed by atoms with E-state index in [1.54, 1.807) is 0 Å². The first-order valence-electron chi connectivity index (χ1n) is 5.60. The van der Waals surface area contributed by atoms with Crippen LogP contribution < -0.4 is 5.32 Å². The summed E-state index contributed by atoms with van der Waals surface area (Å²) in [6, 6.07) is -0.462. The van der Waals surface area contributed by atoms with Gasteiger partial charge in [0.05, 0.1) is 12.3 Å². The Kier molecular flexibility index (Phi) is 4.50. The lowest BCUT2D eigenvalue weighted by molar-refractivity contribution is -0.145. The van der Waals surface area contributed by atoms with Crippen molar-refractivity contribution in [3.8, 4) is 0 Å². The fraction of sp³-hybridized carbons (Fsp3) is 0.800. The zero-order valence-corrected chi connectivity index (χ0v) is 10.9. The van der Waals surface area contributed by atoms with Crippen LogP contribution in [0.15, 0.2) is 0 Å². The van der Waals surface area contributed by atoms with E-state index in [0.29, 0.717) is 19.4 Å². The normalized spacial score (nSPS) is 21.5. The van der Waals surface area contributed by atoms with Crippen LogP contribution >= 0.6 is 0 Å². The lowest BCUT2D eigenvalue weighted by Gasteiger charge is -2.34. The third kappa shape index (κ3) is 3.99. The predicted octanol–water partition coefficient (Wildman–Crippen LogP) is -0.842. The highest BCUT2D eigenvalue weighted by atomic mass is 32.2. The van der Waals surface area contributed by atoms with Crippen molar-refractivity contribution in [2.24, 2.45) is 0 Å². The topological polar surface area (TPSA) is 83.6 Å². The molecule has 0 radical (unpaired) electrons. The van der Waals surface area contributed by atoms with E-state index in [9.17, 15) is 18.0 Å². The highest BCUT2D eigenvalue weighted by Crippen LogP contribution is 2.10. The number of carbonyl (C=O) groups excluding carboxylic acids is 2. The molecule has 0 aliphatic carbocycles. The Balaban J connectivity index is 2.59. The van der Waals surface area contributed by atoms with Gasteiger partial charge in [0, 0.05) is 12.8 Å². The van der Waals surface area contributed by atoms with E-state index in [2.05, 4.69) is 5.32 Å². The summed E-state index contributed by atoms with van der Waals surface area (Å²) in [4.78, 5) is 24.6. The van der Waals surface area contributed by atoms with E-state index in [1.807, 2.05) is 6.92 Å². The minimum Gasteiger partial charge on any atom is -0.345 e. The van der Waals surface area contributed by atoms with Crippen LogP contribution in [0.2, 0.25) is 0 Å². The number of nitrogens with one attached hydrogen (secondary N) is 1. The van der Waals surface area contributed by atoms with Crippen molar-refractivity contribution < 1.29 is 18.0 Å². The summed E-state index contributed by atoms with van der Waals surface area (Å²) >= 11 is 0. The van der Waals surface area contributed by atoms with Gasteiger partial charge in [-0.2, -0.15) is 0 Å². The molecular formula is C10H18N2O4S. The van der Waals surface area contributed by atoms with Gasteiger partial charge in [0.1, 0.15) is 15.9 Å². The molecule has 98 valence electrons. The molecule has 2 amide bonds. The van der Waals surface area contributed by atoms with Crippen LogP contribution in [0.25, 0.3) is 0 Å². The first kappa shape index (κ1) is 14.0. The first-order chi connectivity index (χ1) is 7.85. The zero-order valence-electron chi connectivity index (χ0n) is 10.1. The molecule has 1 atom stereocenters. The Bertz CT molecular complexity index is 405. The monoisotopic (exact) mass is 262 g/mol. The summed E-state index contributed by atoms with van der Waals surface area (Å²) in [6.07, 6.45) is 2.07. The lowest BCUT2D eigenvalue weighted by Crippen LogP contribution is -2.58. The number of sulfone groups is 1. The third-order valence-electron chi connectivity index (χ3n) is 2.71. The van der Waals surface area contributed by atoms with Crippen molar-refractivity contribution in [3.63, 3.8) is 0 Å². The number of piperazine rings is 1. The van der Waals surface area contributed by atoms with E-state index in [4.69, 9.17) is 0 Å². The second-order valence-electron chi connectivity index (χ2n) is 4.21. The Morgan fingerprint density at radius 1 is 1.41 bits per heavy atom. The summed E-state index contributed by atoms with van der Waals surface area (Å²) in [5, 5.41) is 2.52. The number of amides is 2. The summed E-state index contributed by atoms with van der Waals surface area (Å²) in [6.45, 7) is 2.15. The second-order valence-corrected chi connectivity index (χ2v) is 6.47. The lowest BCUT2D eigenvalue weighted by atomic mass is 10.1. The predicted molar refractivity (Wildman–Crippen MR) is 63.1 cm³/mol. The molecule has 1 rings (SSSR count). The molecule has 0 saturated carbocycles. The van der Waals surface area contributed by atoms with Crippen molar-refractivity contribution in [3.05, 3.63) is 0 Å². The van der Waals surface area contributed by atoms with Crippen LogP contribution in [0.4, 0.5) is 0 Å². The van der Waals surface area contributed by atoms with Gasteiger partial charge in [-0.3, -0.25) is 9.59 Å². The second kappa shape index (κ2) is 5.48. The average molecular weight is 262 g/mol. The highest BCUT2D eigenvalue weighted by molar-refractivity contribution is 7.90. The maximum absolute atomic E-state index is 11.6. The van der Waals surface area contributed by atoms with E-state index < -0.39 is 15.9 Å². The van der Waals surface area contributed by atoms with Gasteiger partial charge in [0.25, 0.3) is 0 Å². The highest BCUT2D eigenvalue weighted by Gasteiger charge is 2.32. The Labute approximate surface area is 101 Å². The van der Waals surface area contributed by atoms with Crippen molar-refractivity contribution in [2.75, 3.05) is 25.1 Å². The van der Waals surface area contributed by atoms with Gasteiger partial charge in [-0.05, 0) is 12.8 Å². The maximum Gasteiger partial charge on any atom is 0.243 e. The summed E-state index contributed by atoms with van der Waals surface area (Å²) in [7, 11) is -3.02. The number of hydrogen-bond acceptors (Lipinski definition) is 4. The van der Waals surface area contributed by atoms with Crippen molar-refractivity contribution in [1.82, 2.24) is 10.2 Å². The molecular weight excluding hydrogens is 244 g/mol. The first-order valence-corrected chi connectivity index (χ1v) is 7.66. The molecule has 7 heteroatoms. The van der Waals surface area contributed by atoms with E-state index >= 15 is 0 Å². The largest absolute Gasteiger partial charge is 0.345 e. The van der Waals surface area contributed by atoms with Crippen LogP contribution in [0.5, 0.6) is 0 Å². The van der Waals surface area contributed by atoms with Gasteiger partial charge < -0.3 is 10.2 Å². The molecule has 1 aliphatic rings. The maximum atomic E-state index is 11.6. The third-order valence-corrected chi connectivity index (χ3v) is 3.74. The van der Waals surface area contributed by atoms with Crippen LogP contribution in [-0.4, -0.2) is 56.3 Å². The molecule has 0 aromatic carbocycles. The Morgan fingerprint density at radius 3 is 2.59 bits per heavy atom. The minimum absolute atomic E-state index is 0.00814. The molecule has 1 N–H and O–H groups in total. The summed E-state index contributed by atoms with van der Waals surface area (Å²) < 4.78 is 22.0. The van der Waals surface area contributed by atoms with Gasteiger partial charge >= 0.3 is 0 Å². The van der Waals surface area contributed by atoms with Crippen LogP contribution in [-0.2, 0) is 19.4 Å². The molecule has 1 fully saturated rings. The zero-order chi connectivity index (χ0) is 13.1. The fourth-order valence-corrected chi connectivity index (χ4v) is 2.53. The molecule has 1 saturated heterocycles.